The zero-order valence-electron chi connectivity index (χ0n) is 10.1. The number of fused-ring (bicyclic) bond motifs is 1. The van der Waals surface area contributed by atoms with Crippen LogP contribution in [0.5, 0.6) is 0 Å². The molecule has 0 radical (unpaired) electrons. The fourth-order valence-electron chi connectivity index (χ4n) is 1.85. The van der Waals surface area contributed by atoms with E-state index in [0.29, 0.717) is 22.9 Å². The van der Waals surface area contributed by atoms with E-state index in [9.17, 15) is 4.79 Å². The van der Waals surface area contributed by atoms with E-state index in [-0.39, 0.29) is 5.91 Å². The Morgan fingerprint density at radius 2 is 1.95 bits per heavy atom. The molecule has 7 nitrogen and oxygen atoms in total. The molecule has 0 fully saturated rings. The first kappa shape index (κ1) is 11.4. The largest absolute Gasteiger partial charge is 0.378 e. The highest BCUT2D eigenvalue weighted by Gasteiger charge is 2.19. The van der Waals surface area contributed by atoms with E-state index in [1.54, 1.807) is 24.5 Å². The first-order chi connectivity index (χ1) is 9.34. The molecule has 0 aromatic carbocycles. The van der Waals surface area contributed by atoms with Gasteiger partial charge in [-0.25, -0.2) is 9.97 Å². The highest BCUT2D eigenvalue weighted by molar-refractivity contribution is 6.08. The lowest BCUT2D eigenvalue weighted by Crippen LogP contribution is -2.25. The molecule has 3 heterocycles. The van der Waals surface area contributed by atoms with Crippen molar-refractivity contribution >= 4 is 23.1 Å². The molecule has 3 N–H and O–H groups in total. The van der Waals surface area contributed by atoms with Gasteiger partial charge in [0.05, 0.1) is 0 Å². The maximum Gasteiger partial charge on any atom is 0.276 e. The van der Waals surface area contributed by atoms with Crippen LogP contribution in [-0.4, -0.2) is 33.9 Å². The van der Waals surface area contributed by atoms with Gasteiger partial charge in [-0.05, 0) is 12.1 Å². The molecule has 0 spiro atoms. The van der Waals surface area contributed by atoms with E-state index in [0.717, 1.165) is 13.1 Å². The minimum Gasteiger partial charge on any atom is -0.378 e. The van der Waals surface area contributed by atoms with E-state index in [1.807, 2.05) is 0 Å². The van der Waals surface area contributed by atoms with Gasteiger partial charge in [-0.2, -0.15) is 0 Å². The van der Waals surface area contributed by atoms with E-state index in [2.05, 4.69) is 30.9 Å². The van der Waals surface area contributed by atoms with Gasteiger partial charge in [0.25, 0.3) is 5.91 Å². The number of amides is 1. The van der Waals surface area contributed by atoms with Crippen LogP contribution in [0.1, 0.15) is 10.5 Å². The van der Waals surface area contributed by atoms with Crippen molar-refractivity contribution in [3.8, 4) is 0 Å². The van der Waals surface area contributed by atoms with Gasteiger partial charge in [0.15, 0.2) is 11.5 Å². The molecule has 96 valence electrons. The molecule has 0 saturated heterocycles. The number of nitrogens with one attached hydrogen (secondary N) is 3. The van der Waals surface area contributed by atoms with Crippen LogP contribution in [-0.2, 0) is 0 Å². The SMILES string of the molecule is O=C(Nc1ccncc1)c1ncnc2c1NCCN2. The molecule has 2 aromatic rings. The summed E-state index contributed by atoms with van der Waals surface area (Å²) in [5.74, 6) is 0.377. The Morgan fingerprint density at radius 3 is 2.79 bits per heavy atom. The molecule has 0 saturated carbocycles. The molecule has 3 rings (SSSR count). The fraction of sp³-hybridized carbons (Fsp3) is 0.167. The number of anilines is 3. The third-order valence-corrected chi connectivity index (χ3v) is 2.72. The number of hydrogen-bond acceptors (Lipinski definition) is 6. The normalized spacial score (nSPS) is 12.8. The predicted molar refractivity (Wildman–Crippen MR) is 71.2 cm³/mol. The third kappa shape index (κ3) is 2.30. The Hall–Kier alpha value is -2.70. The van der Waals surface area contributed by atoms with Gasteiger partial charge in [0.2, 0.25) is 0 Å². The van der Waals surface area contributed by atoms with Gasteiger partial charge in [0, 0.05) is 31.2 Å². The van der Waals surface area contributed by atoms with Gasteiger partial charge in [-0.15, -0.1) is 0 Å². The quantitative estimate of drug-likeness (QED) is 0.741. The smallest absolute Gasteiger partial charge is 0.276 e. The van der Waals surface area contributed by atoms with Crippen molar-refractivity contribution in [2.45, 2.75) is 0 Å². The predicted octanol–water partition coefficient (Wildman–Crippen LogP) is 0.961. The Kier molecular flexibility index (Phi) is 2.93. The van der Waals surface area contributed by atoms with Crippen LogP contribution in [0.3, 0.4) is 0 Å². The lowest BCUT2D eigenvalue weighted by atomic mass is 10.2. The molecule has 1 aliphatic rings. The number of hydrogen-bond donors (Lipinski definition) is 3. The average molecular weight is 256 g/mol. The molecule has 0 bridgehead atoms. The Bertz CT molecular complexity index is 600. The Morgan fingerprint density at radius 1 is 1.16 bits per heavy atom. The Balaban J connectivity index is 1.88. The molecule has 1 aliphatic heterocycles. The summed E-state index contributed by atoms with van der Waals surface area (Å²) in [6.07, 6.45) is 4.61. The van der Waals surface area contributed by atoms with Gasteiger partial charge < -0.3 is 16.0 Å². The Labute approximate surface area is 109 Å². The summed E-state index contributed by atoms with van der Waals surface area (Å²) in [4.78, 5) is 24.2. The van der Waals surface area contributed by atoms with E-state index >= 15 is 0 Å². The van der Waals surface area contributed by atoms with Crippen molar-refractivity contribution in [3.63, 3.8) is 0 Å². The molecule has 2 aromatic heterocycles. The van der Waals surface area contributed by atoms with Crippen LogP contribution in [0.4, 0.5) is 17.2 Å². The second-order valence-electron chi connectivity index (χ2n) is 3.99. The summed E-state index contributed by atoms with van der Waals surface area (Å²) in [7, 11) is 0. The summed E-state index contributed by atoms with van der Waals surface area (Å²) in [6, 6.07) is 3.44. The number of nitrogens with zero attached hydrogens (tertiary/aromatic N) is 3. The van der Waals surface area contributed by atoms with Crippen molar-refractivity contribution in [1.82, 2.24) is 15.0 Å². The van der Waals surface area contributed by atoms with Gasteiger partial charge in [0.1, 0.15) is 12.0 Å². The summed E-state index contributed by atoms with van der Waals surface area (Å²) in [6.45, 7) is 1.51. The van der Waals surface area contributed by atoms with Crippen molar-refractivity contribution in [1.29, 1.82) is 0 Å². The number of rotatable bonds is 2. The third-order valence-electron chi connectivity index (χ3n) is 2.72. The zero-order chi connectivity index (χ0) is 13.1. The van der Waals surface area contributed by atoms with Crippen LogP contribution >= 0.6 is 0 Å². The average Bonchev–Trinajstić information content (AvgIpc) is 2.47. The van der Waals surface area contributed by atoms with E-state index < -0.39 is 0 Å². The lowest BCUT2D eigenvalue weighted by Gasteiger charge is -2.20. The van der Waals surface area contributed by atoms with Crippen LogP contribution in [0.25, 0.3) is 0 Å². The summed E-state index contributed by atoms with van der Waals surface area (Å²) in [5.41, 5.74) is 1.64. The standard InChI is InChI=1S/C12H12N6O/c19-12(18-8-1-3-13-4-2-8)10-9-11(17-7-16-10)15-6-5-14-9/h1-4,7,14H,5-6H2,(H,13,18,19)(H,15,16,17). The second-order valence-corrected chi connectivity index (χ2v) is 3.99. The second kappa shape index (κ2) is 4.89. The minimum absolute atomic E-state index is 0.277. The fourth-order valence-corrected chi connectivity index (χ4v) is 1.85. The maximum absolute atomic E-state index is 12.2. The van der Waals surface area contributed by atoms with Crippen LogP contribution < -0.4 is 16.0 Å². The van der Waals surface area contributed by atoms with Crippen molar-refractivity contribution in [2.75, 3.05) is 29.0 Å². The molecule has 19 heavy (non-hydrogen) atoms. The summed E-state index contributed by atoms with van der Waals surface area (Å²) < 4.78 is 0. The summed E-state index contributed by atoms with van der Waals surface area (Å²) in [5, 5.41) is 9.03. The number of carbonyl (C=O) groups is 1. The molecular weight excluding hydrogens is 244 g/mol. The number of carbonyl (C=O) groups excluding carboxylic acids is 1. The topological polar surface area (TPSA) is 91.8 Å². The lowest BCUT2D eigenvalue weighted by molar-refractivity contribution is 0.102. The molecule has 0 aliphatic carbocycles. The molecule has 7 heteroatoms. The van der Waals surface area contributed by atoms with Crippen molar-refractivity contribution in [2.24, 2.45) is 0 Å². The molecule has 0 atom stereocenters. The van der Waals surface area contributed by atoms with E-state index in [1.165, 1.54) is 6.33 Å². The highest BCUT2D eigenvalue weighted by Crippen LogP contribution is 2.24. The maximum atomic E-state index is 12.2. The van der Waals surface area contributed by atoms with Gasteiger partial charge in [-0.3, -0.25) is 9.78 Å². The zero-order valence-corrected chi connectivity index (χ0v) is 10.1. The van der Waals surface area contributed by atoms with Gasteiger partial charge >= 0.3 is 0 Å². The van der Waals surface area contributed by atoms with Gasteiger partial charge in [-0.1, -0.05) is 0 Å². The van der Waals surface area contributed by atoms with E-state index in [4.69, 9.17) is 0 Å². The first-order valence-corrected chi connectivity index (χ1v) is 5.89. The van der Waals surface area contributed by atoms with Crippen molar-refractivity contribution in [3.05, 3.63) is 36.5 Å². The summed E-state index contributed by atoms with van der Waals surface area (Å²) >= 11 is 0. The molecular formula is C12H12N6O. The first-order valence-electron chi connectivity index (χ1n) is 5.89. The molecule has 1 amide bonds. The highest BCUT2D eigenvalue weighted by atomic mass is 16.1. The van der Waals surface area contributed by atoms with Crippen LogP contribution in [0, 0.1) is 0 Å². The molecule has 0 unspecified atom stereocenters. The number of aromatic nitrogens is 3. The van der Waals surface area contributed by atoms with Crippen LogP contribution in [0.15, 0.2) is 30.9 Å². The van der Waals surface area contributed by atoms with Crippen molar-refractivity contribution < 1.29 is 4.79 Å². The monoisotopic (exact) mass is 256 g/mol. The minimum atomic E-state index is -0.277. The number of pyridine rings is 1. The van der Waals surface area contributed by atoms with Crippen LogP contribution in [0.2, 0.25) is 0 Å².